The van der Waals surface area contributed by atoms with Gasteiger partial charge in [-0.2, -0.15) is 5.26 Å². The van der Waals surface area contributed by atoms with Gasteiger partial charge >= 0.3 is 0 Å². The SMILES string of the molecule is Cc1ccc(SC/C(=C/F)CN)cc1C#N. The normalized spacial score (nSPS) is 11.2. The van der Waals surface area contributed by atoms with Crippen molar-refractivity contribution < 1.29 is 4.39 Å². The highest BCUT2D eigenvalue weighted by atomic mass is 32.2. The molecule has 0 aliphatic rings. The number of nitriles is 1. The van der Waals surface area contributed by atoms with Crippen LogP contribution in [-0.2, 0) is 0 Å². The zero-order chi connectivity index (χ0) is 12.0. The largest absolute Gasteiger partial charge is 0.327 e. The van der Waals surface area contributed by atoms with Crippen molar-refractivity contribution in [1.29, 1.82) is 5.26 Å². The van der Waals surface area contributed by atoms with Gasteiger partial charge in [-0.25, -0.2) is 4.39 Å². The van der Waals surface area contributed by atoms with Gasteiger partial charge in [0.2, 0.25) is 0 Å². The first-order valence-electron chi connectivity index (χ1n) is 4.83. The number of aryl methyl sites for hydroxylation is 1. The second-order valence-corrected chi connectivity index (χ2v) is 4.40. The third-order valence-electron chi connectivity index (χ3n) is 2.17. The zero-order valence-corrected chi connectivity index (χ0v) is 9.85. The highest BCUT2D eigenvalue weighted by molar-refractivity contribution is 7.99. The lowest BCUT2D eigenvalue weighted by Crippen LogP contribution is -2.04. The van der Waals surface area contributed by atoms with Crippen LogP contribution in [0.3, 0.4) is 0 Å². The summed E-state index contributed by atoms with van der Waals surface area (Å²) in [4.78, 5) is 0.954. The van der Waals surface area contributed by atoms with Crippen molar-refractivity contribution in [2.75, 3.05) is 12.3 Å². The number of thioether (sulfide) groups is 1. The van der Waals surface area contributed by atoms with E-state index in [9.17, 15) is 4.39 Å². The lowest BCUT2D eigenvalue weighted by atomic mass is 10.1. The third kappa shape index (κ3) is 3.37. The molecular formula is C12H13FN2S. The Hall–Kier alpha value is -1.31. The van der Waals surface area contributed by atoms with Gasteiger partial charge in [-0.1, -0.05) is 6.07 Å². The van der Waals surface area contributed by atoms with Gasteiger partial charge in [0.15, 0.2) is 0 Å². The molecule has 0 aromatic heterocycles. The molecule has 0 heterocycles. The quantitative estimate of drug-likeness (QED) is 0.818. The van der Waals surface area contributed by atoms with Gasteiger partial charge in [0.25, 0.3) is 0 Å². The maximum Gasteiger partial charge on any atom is 0.0994 e. The molecule has 0 aliphatic carbocycles. The van der Waals surface area contributed by atoms with Gasteiger partial charge in [0.1, 0.15) is 0 Å². The van der Waals surface area contributed by atoms with Crippen LogP contribution in [0.2, 0.25) is 0 Å². The number of rotatable bonds is 4. The number of halogens is 1. The second-order valence-electron chi connectivity index (χ2n) is 3.35. The van der Waals surface area contributed by atoms with Crippen LogP contribution in [-0.4, -0.2) is 12.3 Å². The Bertz CT molecular complexity index is 435. The minimum absolute atomic E-state index is 0.223. The number of nitrogens with zero attached hydrogens (tertiary/aromatic N) is 1. The van der Waals surface area contributed by atoms with E-state index >= 15 is 0 Å². The number of hydrogen-bond donors (Lipinski definition) is 1. The van der Waals surface area contributed by atoms with Crippen LogP contribution >= 0.6 is 11.8 Å². The van der Waals surface area contributed by atoms with Crippen LogP contribution in [0, 0.1) is 18.3 Å². The highest BCUT2D eigenvalue weighted by Gasteiger charge is 2.02. The van der Waals surface area contributed by atoms with Crippen LogP contribution in [0.1, 0.15) is 11.1 Å². The molecule has 16 heavy (non-hydrogen) atoms. The first-order chi connectivity index (χ1) is 7.71. The molecule has 4 heteroatoms. The van der Waals surface area contributed by atoms with E-state index in [1.54, 1.807) is 0 Å². The van der Waals surface area contributed by atoms with Crippen LogP contribution < -0.4 is 5.73 Å². The van der Waals surface area contributed by atoms with Crippen LogP contribution in [0.4, 0.5) is 4.39 Å². The van der Waals surface area contributed by atoms with Gasteiger partial charge in [-0.15, -0.1) is 11.8 Å². The van der Waals surface area contributed by atoms with Crippen molar-refractivity contribution in [1.82, 2.24) is 0 Å². The average Bonchev–Trinajstić information content (AvgIpc) is 2.32. The molecule has 84 valence electrons. The Morgan fingerprint density at radius 1 is 1.62 bits per heavy atom. The van der Waals surface area contributed by atoms with Crippen LogP contribution in [0.15, 0.2) is 35.0 Å². The smallest absolute Gasteiger partial charge is 0.0994 e. The highest BCUT2D eigenvalue weighted by Crippen LogP contribution is 2.22. The zero-order valence-electron chi connectivity index (χ0n) is 9.03. The molecule has 0 amide bonds. The molecule has 0 atom stereocenters. The number of hydrogen-bond acceptors (Lipinski definition) is 3. The molecule has 2 nitrogen and oxygen atoms in total. The molecule has 0 aliphatic heterocycles. The Balaban J connectivity index is 2.72. The van der Waals surface area contributed by atoms with Gasteiger partial charge in [0.05, 0.1) is 18.0 Å². The van der Waals surface area contributed by atoms with E-state index < -0.39 is 0 Å². The monoisotopic (exact) mass is 236 g/mol. The summed E-state index contributed by atoms with van der Waals surface area (Å²) >= 11 is 1.48. The van der Waals surface area contributed by atoms with Crippen molar-refractivity contribution in [2.45, 2.75) is 11.8 Å². The maximum absolute atomic E-state index is 12.3. The summed E-state index contributed by atoms with van der Waals surface area (Å²) in [6, 6.07) is 7.75. The summed E-state index contributed by atoms with van der Waals surface area (Å²) in [5.74, 6) is 0.515. The second kappa shape index (κ2) is 6.31. The first-order valence-corrected chi connectivity index (χ1v) is 5.81. The minimum atomic E-state index is 0.223. The summed E-state index contributed by atoms with van der Waals surface area (Å²) in [6.45, 7) is 2.11. The lowest BCUT2D eigenvalue weighted by molar-refractivity contribution is 0.706. The predicted molar refractivity (Wildman–Crippen MR) is 64.9 cm³/mol. The Kier molecular flexibility index (Phi) is 5.03. The average molecular weight is 236 g/mol. The lowest BCUT2D eigenvalue weighted by Gasteiger charge is -2.04. The van der Waals surface area contributed by atoms with E-state index in [0.717, 1.165) is 10.5 Å². The van der Waals surface area contributed by atoms with Gasteiger partial charge in [0, 0.05) is 17.2 Å². The van der Waals surface area contributed by atoms with Crippen molar-refractivity contribution >= 4 is 11.8 Å². The summed E-state index contributed by atoms with van der Waals surface area (Å²) < 4.78 is 12.3. The number of benzene rings is 1. The molecule has 2 N–H and O–H groups in total. The Morgan fingerprint density at radius 3 is 2.94 bits per heavy atom. The molecule has 0 bridgehead atoms. The van der Waals surface area contributed by atoms with E-state index in [0.29, 0.717) is 23.2 Å². The Morgan fingerprint density at radius 2 is 2.38 bits per heavy atom. The topological polar surface area (TPSA) is 49.8 Å². The van der Waals surface area contributed by atoms with Crippen molar-refractivity contribution in [2.24, 2.45) is 5.73 Å². The van der Waals surface area contributed by atoms with E-state index in [2.05, 4.69) is 6.07 Å². The fourth-order valence-corrected chi connectivity index (χ4v) is 2.02. The van der Waals surface area contributed by atoms with Gasteiger partial charge < -0.3 is 5.73 Å². The van der Waals surface area contributed by atoms with Crippen molar-refractivity contribution in [3.05, 3.63) is 41.2 Å². The molecule has 0 spiro atoms. The van der Waals surface area contributed by atoms with Crippen LogP contribution in [0.5, 0.6) is 0 Å². The van der Waals surface area contributed by atoms with E-state index in [1.165, 1.54) is 11.8 Å². The Labute approximate surface area is 99.0 Å². The van der Waals surface area contributed by atoms with Crippen LogP contribution in [0.25, 0.3) is 0 Å². The minimum Gasteiger partial charge on any atom is -0.327 e. The third-order valence-corrected chi connectivity index (χ3v) is 3.27. The molecule has 1 aromatic carbocycles. The fraction of sp³-hybridized carbons (Fsp3) is 0.250. The predicted octanol–water partition coefficient (Wildman–Crippen LogP) is 2.77. The molecular weight excluding hydrogens is 223 g/mol. The van der Waals surface area contributed by atoms with Crippen molar-refractivity contribution in [3.8, 4) is 6.07 Å². The first kappa shape index (κ1) is 12.8. The molecule has 0 saturated carbocycles. The van der Waals surface area contributed by atoms with Gasteiger partial charge in [-0.3, -0.25) is 0 Å². The molecule has 0 fully saturated rings. The molecule has 0 radical (unpaired) electrons. The molecule has 1 rings (SSSR count). The summed E-state index contributed by atoms with van der Waals surface area (Å²) in [7, 11) is 0. The fourth-order valence-electron chi connectivity index (χ4n) is 1.12. The van der Waals surface area contributed by atoms with E-state index in [1.807, 2.05) is 25.1 Å². The van der Waals surface area contributed by atoms with Crippen molar-refractivity contribution in [3.63, 3.8) is 0 Å². The van der Waals surface area contributed by atoms with Gasteiger partial charge in [-0.05, 0) is 30.2 Å². The molecule has 0 unspecified atom stereocenters. The molecule has 0 saturated heterocycles. The molecule has 1 aromatic rings. The summed E-state index contributed by atoms with van der Waals surface area (Å²) in [5.41, 5.74) is 7.52. The van der Waals surface area contributed by atoms with E-state index in [4.69, 9.17) is 11.0 Å². The number of nitrogens with two attached hydrogens (primary N) is 1. The van der Waals surface area contributed by atoms with E-state index in [-0.39, 0.29) is 6.54 Å². The summed E-state index contributed by atoms with van der Waals surface area (Å²) in [6.07, 6.45) is 0.548. The summed E-state index contributed by atoms with van der Waals surface area (Å²) in [5, 5.41) is 8.86. The standard InChI is InChI=1S/C12H13FN2S/c1-9-2-3-12(4-11(9)7-15)16-8-10(5-13)6-14/h2-5H,6,8,14H2,1H3/b10-5+. The maximum atomic E-state index is 12.3.